The van der Waals surface area contributed by atoms with E-state index in [1.165, 1.54) is 0 Å². The molecule has 0 saturated carbocycles. The molecule has 3 heterocycles. The molecule has 2 aliphatic heterocycles. The van der Waals surface area contributed by atoms with Crippen LogP contribution in [0.1, 0.15) is 24.2 Å². The van der Waals surface area contributed by atoms with E-state index in [1.54, 1.807) is 4.68 Å². The van der Waals surface area contributed by atoms with Crippen LogP contribution in [-0.4, -0.2) is 45.6 Å². The van der Waals surface area contributed by atoms with E-state index >= 15 is 0 Å². The molecule has 1 aromatic heterocycles. The average molecular weight is 291 g/mol. The number of likely N-dealkylation sites (tertiary alicyclic amines) is 1. The number of nitrogens with zero attached hydrogens (tertiary/aromatic N) is 3. The number of piperidine rings is 1. The molecule has 0 aliphatic carbocycles. The van der Waals surface area contributed by atoms with Crippen LogP contribution in [0.5, 0.6) is 0 Å². The van der Waals surface area contributed by atoms with Crippen LogP contribution in [0.2, 0.25) is 0 Å². The van der Waals surface area contributed by atoms with Crippen LogP contribution in [0.4, 0.5) is 5.69 Å². The minimum atomic E-state index is -0.0479. The molecule has 0 radical (unpaired) electrons. The van der Waals surface area contributed by atoms with E-state index in [2.05, 4.69) is 10.4 Å². The number of rotatable bonds is 2. The standard InChI is InChI=1S/C14H21N5O2/c1-8-13(15)9(2)19(17-8)7-12(20)18-5-3-4-10-11(18)6-16-14(10)21/h10-11H,3-7,15H2,1-2H3,(H,16,21). The highest BCUT2D eigenvalue weighted by Crippen LogP contribution is 2.27. The Morgan fingerprint density at radius 1 is 1.48 bits per heavy atom. The van der Waals surface area contributed by atoms with Crippen LogP contribution in [0.25, 0.3) is 0 Å². The second-order valence-corrected chi connectivity index (χ2v) is 5.89. The molecule has 2 saturated heterocycles. The Kier molecular flexibility index (Phi) is 3.35. The lowest BCUT2D eigenvalue weighted by Gasteiger charge is -2.36. The van der Waals surface area contributed by atoms with Crippen LogP contribution in [0, 0.1) is 19.8 Å². The number of hydrogen-bond acceptors (Lipinski definition) is 4. The molecule has 3 rings (SSSR count). The van der Waals surface area contributed by atoms with Crippen molar-refractivity contribution in [1.82, 2.24) is 20.0 Å². The number of carbonyl (C=O) groups is 2. The van der Waals surface area contributed by atoms with Gasteiger partial charge in [0.15, 0.2) is 0 Å². The van der Waals surface area contributed by atoms with E-state index in [0.29, 0.717) is 18.8 Å². The van der Waals surface area contributed by atoms with Gasteiger partial charge in [0.05, 0.1) is 29.0 Å². The van der Waals surface area contributed by atoms with Crippen molar-refractivity contribution in [3.8, 4) is 0 Å². The second-order valence-electron chi connectivity index (χ2n) is 5.89. The van der Waals surface area contributed by atoms with Gasteiger partial charge in [0, 0.05) is 13.1 Å². The highest BCUT2D eigenvalue weighted by molar-refractivity contribution is 5.84. The maximum absolute atomic E-state index is 12.6. The van der Waals surface area contributed by atoms with Crippen molar-refractivity contribution in [2.24, 2.45) is 5.92 Å². The molecule has 7 heteroatoms. The van der Waals surface area contributed by atoms with Crippen molar-refractivity contribution in [1.29, 1.82) is 0 Å². The summed E-state index contributed by atoms with van der Waals surface area (Å²) in [5.74, 6) is 0.0351. The Balaban J connectivity index is 1.76. The summed E-state index contributed by atoms with van der Waals surface area (Å²) >= 11 is 0. The quantitative estimate of drug-likeness (QED) is 0.790. The highest BCUT2D eigenvalue weighted by Gasteiger charge is 2.42. The van der Waals surface area contributed by atoms with Crippen molar-refractivity contribution in [3.05, 3.63) is 11.4 Å². The summed E-state index contributed by atoms with van der Waals surface area (Å²) in [4.78, 5) is 26.2. The van der Waals surface area contributed by atoms with Crippen molar-refractivity contribution in [2.75, 3.05) is 18.8 Å². The molecule has 2 fully saturated rings. The summed E-state index contributed by atoms with van der Waals surface area (Å²) < 4.78 is 1.65. The Hall–Kier alpha value is -2.05. The van der Waals surface area contributed by atoms with Gasteiger partial charge in [-0.25, -0.2) is 0 Å². The first-order chi connectivity index (χ1) is 9.99. The van der Waals surface area contributed by atoms with Crippen LogP contribution in [0.15, 0.2) is 0 Å². The molecule has 7 nitrogen and oxygen atoms in total. The Morgan fingerprint density at radius 2 is 2.24 bits per heavy atom. The fraction of sp³-hybridized carbons (Fsp3) is 0.643. The lowest BCUT2D eigenvalue weighted by Crippen LogP contribution is -2.49. The first-order valence-corrected chi connectivity index (χ1v) is 7.35. The molecular formula is C14H21N5O2. The monoisotopic (exact) mass is 291 g/mol. The Bertz CT molecular complexity index is 594. The molecule has 3 N–H and O–H groups in total. The minimum Gasteiger partial charge on any atom is -0.396 e. The summed E-state index contributed by atoms with van der Waals surface area (Å²) in [6.07, 6.45) is 1.74. The second kappa shape index (κ2) is 5.05. The molecule has 114 valence electrons. The molecule has 0 aromatic carbocycles. The highest BCUT2D eigenvalue weighted by atomic mass is 16.2. The first-order valence-electron chi connectivity index (χ1n) is 7.35. The predicted octanol–water partition coefficient (Wildman–Crippen LogP) is -0.181. The van der Waals surface area contributed by atoms with E-state index in [9.17, 15) is 9.59 Å². The summed E-state index contributed by atoms with van der Waals surface area (Å²) in [6.45, 7) is 5.15. The third-order valence-electron chi connectivity index (χ3n) is 4.64. The molecule has 2 atom stereocenters. The lowest BCUT2D eigenvalue weighted by molar-refractivity contribution is -0.137. The number of nitrogen functional groups attached to an aromatic ring is 1. The van der Waals surface area contributed by atoms with Crippen molar-refractivity contribution < 1.29 is 9.59 Å². The third kappa shape index (κ3) is 2.26. The van der Waals surface area contributed by atoms with Gasteiger partial charge in [0.25, 0.3) is 0 Å². The van der Waals surface area contributed by atoms with Crippen LogP contribution in [-0.2, 0) is 16.1 Å². The van der Waals surface area contributed by atoms with Gasteiger partial charge >= 0.3 is 0 Å². The zero-order chi connectivity index (χ0) is 15.1. The largest absolute Gasteiger partial charge is 0.396 e. The van der Waals surface area contributed by atoms with E-state index in [4.69, 9.17) is 5.73 Å². The topological polar surface area (TPSA) is 93.2 Å². The van der Waals surface area contributed by atoms with Crippen molar-refractivity contribution >= 4 is 17.5 Å². The van der Waals surface area contributed by atoms with Crippen molar-refractivity contribution in [2.45, 2.75) is 39.3 Å². The van der Waals surface area contributed by atoms with Crippen LogP contribution in [0.3, 0.4) is 0 Å². The van der Waals surface area contributed by atoms with Crippen molar-refractivity contribution in [3.63, 3.8) is 0 Å². The fourth-order valence-corrected chi connectivity index (χ4v) is 3.34. The smallest absolute Gasteiger partial charge is 0.244 e. The fourth-order valence-electron chi connectivity index (χ4n) is 3.34. The lowest BCUT2D eigenvalue weighted by atomic mass is 9.91. The van der Waals surface area contributed by atoms with Gasteiger partial charge in [-0.2, -0.15) is 5.10 Å². The zero-order valence-electron chi connectivity index (χ0n) is 12.4. The number of fused-ring (bicyclic) bond motifs is 1. The summed E-state index contributed by atoms with van der Waals surface area (Å²) in [6, 6.07) is -0.00642. The summed E-state index contributed by atoms with van der Waals surface area (Å²) in [5.41, 5.74) is 8.09. The van der Waals surface area contributed by atoms with Gasteiger partial charge < -0.3 is 16.0 Å². The van der Waals surface area contributed by atoms with Crippen LogP contribution < -0.4 is 11.1 Å². The van der Waals surface area contributed by atoms with Crippen LogP contribution >= 0.6 is 0 Å². The molecule has 2 amide bonds. The molecule has 1 aromatic rings. The Labute approximate surface area is 123 Å². The first kappa shape index (κ1) is 13.9. The predicted molar refractivity (Wildman–Crippen MR) is 77.3 cm³/mol. The van der Waals surface area contributed by atoms with E-state index in [0.717, 1.165) is 24.2 Å². The number of aryl methyl sites for hydroxylation is 1. The molecule has 2 aliphatic rings. The van der Waals surface area contributed by atoms with Gasteiger partial charge in [-0.3, -0.25) is 14.3 Å². The average Bonchev–Trinajstić information content (AvgIpc) is 2.96. The number of hydrogen-bond donors (Lipinski definition) is 2. The van der Waals surface area contributed by atoms with Gasteiger partial charge in [-0.05, 0) is 26.7 Å². The summed E-state index contributed by atoms with van der Waals surface area (Å²) in [5, 5.41) is 7.17. The molecule has 2 unspecified atom stereocenters. The van der Waals surface area contributed by atoms with E-state index in [1.807, 2.05) is 18.7 Å². The minimum absolute atomic E-state index is 0.00630. The van der Waals surface area contributed by atoms with E-state index in [-0.39, 0.29) is 30.3 Å². The number of anilines is 1. The number of nitrogens with two attached hydrogens (primary N) is 1. The molecule has 0 spiro atoms. The van der Waals surface area contributed by atoms with Gasteiger partial charge in [0.2, 0.25) is 11.8 Å². The number of amides is 2. The zero-order valence-corrected chi connectivity index (χ0v) is 12.4. The number of nitrogens with one attached hydrogen (secondary N) is 1. The van der Waals surface area contributed by atoms with Gasteiger partial charge in [-0.1, -0.05) is 0 Å². The van der Waals surface area contributed by atoms with Gasteiger partial charge in [0.1, 0.15) is 6.54 Å². The third-order valence-corrected chi connectivity index (χ3v) is 4.64. The maximum Gasteiger partial charge on any atom is 0.244 e. The van der Waals surface area contributed by atoms with Gasteiger partial charge in [-0.15, -0.1) is 0 Å². The maximum atomic E-state index is 12.6. The van der Waals surface area contributed by atoms with E-state index < -0.39 is 0 Å². The number of aromatic nitrogens is 2. The normalized spacial score (nSPS) is 24.9. The SMILES string of the molecule is Cc1nn(CC(=O)N2CCCC3C(=O)NCC32)c(C)c1N. The Morgan fingerprint density at radius 3 is 2.90 bits per heavy atom. The molecule has 0 bridgehead atoms. The summed E-state index contributed by atoms with van der Waals surface area (Å²) in [7, 11) is 0. The molecular weight excluding hydrogens is 270 g/mol. The molecule has 21 heavy (non-hydrogen) atoms. The number of carbonyl (C=O) groups excluding carboxylic acids is 2.